The van der Waals surface area contributed by atoms with Crippen molar-refractivity contribution in [3.63, 3.8) is 0 Å². The molecule has 0 aliphatic rings. The van der Waals surface area contributed by atoms with Gasteiger partial charge in [0.05, 0.1) is 6.04 Å². The van der Waals surface area contributed by atoms with Crippen molar-refractivity contribution in [1.82, 2.24) is 5.32 Å². The van der Waals surface area contributed by atoms with Crippen molar-refractivity contribution in [3.8, 4) is 0 Å². The molecule has 1 atom stereocenters. The summed E-state index contributed by atoms with van der Waals surface area (Å²) in [7, 11) is 0. The van der Waals surface area contributed by atoms with Crippen molar-refractivity contribution in [2.45, 2.75) is 26.8 Å². The zero-order valence-corrected chi connectivity index (χ0v) is 15.5. The van der Waals surface area contributed by atoms with Crippen molar-refractivity contribution in [2.24, 2.45) is 0 Å². The van der Waals surface area contributed by atoms with E-state index >= 15 is 0 Å². The van der Waals surface area contributed by atoms with Crippen LogP contribution in [0, 0.1) is 19.7 Å². The minimum Gasteiger partial charge on any atom is -0.306 e. The first-order valence-corrected chi connectivity index (χ1v) is 8.47. The Morgan fingerprint density at radius 3 is 2.43 bits per heavy atom. The van der Waals surface area contributed by atoms with Crippen molar-refractivity contribution in [2.75, 3.05) is 6.54 Å². The highest BCUT2D eigenvalue weighted by molar-refractivity contribution is 9.11. The molecule has 112 valence electrons. The molecule has 0 radical (unpaired) electrons. The van der Waals surface area contributed by atoms with Gasteiger partial charge >= 0.3 is 0 Å². The highest BCUT2D eigenvalue weighted by Crippen LogP contribution is 2.34. The molecule has 0 saturated carbocycles. The van der Waals surface area contributed by atoms with Gasteiger partial charge in [0.25, 0.3) is 0 Å². The van der Waals surface area contributed by atoms with E-state index in [1.54, 1.807) is 6.07 Å². The molecular formula is C17H18Br2FN. The highest BCUT2D eigenvalue weighted by Gasteiger charge is 2.21. The van der Waals surface area contributed by atoms with Gasteiger partial charge < -0.3 is 5.32 Å². The lowest BCUT2D eigenvalue weighted by atomic mass is 9.93. The molecule has 0 aliphatic carbocycles. The molecule has 2 aromatic carbocycles. The lowest BCUT2D eigenvalue weighted by molar-refractivity contribution is 0.554. The zero-order chi connectivity index (χ0) is 15.6. The Morgan fingerprint density at radius 2 is 1.86 bits per heavy atom. The SMILES string of the molecule is CCNC(c1ccc(Br)cc1Br)c1c(C)cc(C)cc1F. The Kier molecular flexibility index (Phi) is 5.58. The Labute approximate surface area is 142 Å². The van der Waals surface area contributed by atoms with Crippen LogP contribution < -0.4 is 5.32 Å². The maximum absolute atomic E-state index is 14.5. The van der Waals surface area contributed by atoms with E-state index in [0.717, 1.165) is 32.2 Å². The first-order chi connectivity index (χ1) is 9.93. The minimum atomic E-state index is -0.168. The molecule has 0 spiro atoms. The third kappa shape index (κ3) is 3.74. The van der Waals surface area contributed by atoms with Gasteiger partial charge in [-0.15, -0.1) is 0 Å². The normalized spacial score (nSPS) is 12.5. The monoisotopic (exact) mass is 413 g/mol. The maximum Gasteiger partial charge on any atom is 0.128 e. The van der Waals surface area contributed by atoms with Crippen molar-refractivity contribution < 1.29 is 4.39 Å². The molecule has 4 heteroatoms. The Morgan fingerprint density at radius 1 is 1.14 bits per heavy atom. The molecule has 0 aromatic heterocycles. The van der Waals surface area contributed by atoms with E-state index in [1.165, 1.54) is 0 Å². The fourth-order valence-corrected chi connectivity index (χ4v) is 3.88. The van der Waals surface area contributed by atoms with Gasteiger partial charge in [-0.2, -0.15) is 0 Å². The van der Waals surface area contributed by atoms with Crippen LogP contribution >= 0.6 is 31.9 Å². The average Bonchev–Trinajstić information content (AvgIpc) is 2.37. The number of nitrogens with one attached hydrogen (secondary N) is 1. The third-order valence-corrected chi connectivity index (χ3v) is 4.63. The Hall–Kier alpha value is -0.710. The van der Waals surface area contributed by atoms with Crippen molar-refractivity contribution >= 4 is 31.9 Å². The predicted octanol–water partition coefficient (Wildman–Crippen LogP) is 5.67. The molecular weight excluding hydrogens is 397 g/mol. The molecule has 0 heterocycles. The number of benzene rings is 2. The summed E-state index contributed by atoms with van der Waals surface area (Å²) in [5.41, 5.74) is 3.66. The maximum atomic E-state index is 14.5. The molecule has 21 heavy (non-hydrogen) atoms. The molecule has 0 bridgehead atoms. The van der Waals surface area contributed by atoms with Crippen LogP contribution in [0.1, 0.15) is 35.2 Å². The van der Waals surface area contributed by atoms with E-state index in [9.17, 15) is 4.39 Å². The highest BCUT2D eigenvalue weighted by atomic mass is 79.9. The number of hydrogen-bond donors (Lipinski definition) is 1. The van der Waals surface area contributed by atoms with Crippen LogP contribution in [0.5, 0.6) is 0 Å². The van der Waals surface area contributed by atoms with Gasteiger partial charge in [-0.3, -0.25) is 0 Å². The van der Waals surface area contributed by atoms with Crippen LogP contribution in [0.15, 0.2) is 39.3 Å². The summed E-state index contributed by atoms with van der Waals surface area (Å²) in [6.07, 6.45) is 0. The predicted molar refractivity (Wildman–Crippen MR) is 93.2 cm³/mol. The second-order valence-electron chi connectivity index (χ2n) is 5.13. The van der Waals surface area contributed by atoms with Gasteiger partial charge in [0.2, 0.25) is 0 Å². The van der Waals surface area contributed by atoms with E-state index in [0.29, 0.717) is 5.56 Å². The first-order valence-electron chi connectivity index (χ1n) is 6.89. The van der Waals surface area contributed by atoms with E-state index in [4.69, 9.17) is 0 Å². The second kappa shape index (κ2) is 7.03. The fraction of sp³-hybridized carbons (Fsp3) is 0.294. The van der Waals surface area contributed by atoms with Gasteiger partial charge in [-0.1, -0.05) is 50.9 Å². The second-order valence-corrected chi connectivity index (χ2v) is 6.90. The van der Waals surface area contributed by atoms with Crippen LogP contribution in [0.2, 0.25) is 0 Å². The number of rotatable bonds is 4. The molecule has 0 aliphatic heterocycles. The lowest BCUT2D eigenvalue weighted by Crippen LogP contribution is -2.24. The van der Waals surface area contributed by atoms with Crippen LogP contribution in [-0.4, -0.2) is 6.54 Å². The molecule has 1 unspecified atom stereocenters. The van der Waals surface area contributed by atoms with Crippen molar-refractivity contribution in [3.05, 3.63) is 67.3 Å². The minimum absolute atomic E-state index is 0.159. The molecule has 2 aromatic rings. The summed E-state index contributed by atoms with van der Waals surface area (Å²) in [6.45, 7) is 6.67. The standard InChI is InChI=1S/C17H18Br2FN/c1-4-21-17(13-6-5-12(18)9-14(13)19)16-11(3)7-10(2)8-15(16)20/h5-9,17,21H,4H2,1-3H3. The fourth-order valence-electron chi connectivity index (χ4n) is 2.60. The van der Waals surface area contributed by atoms with Gasteiger partial charge in [0.1, 0.15) is 5.82 Å². The average molecular weight is 415 g/mol. The first kappa shape index (κ1) is 16.7. The van der Waals surface area contributed by atoms with E-state index in [-0.39, 0.29) is 11.9 Å². The molecule has 0 fully saturated rings. The lowest BCUT2D eigenvalue weighted by Gasteiger charge is -2.23. The largest absolute Gasteiger partial charge is 0.306 e. The molecule has 1 N–H and O–H groups in total. The van der Waals surface area contributed by atoms with E-state index in [2.05, 4.69) is 37.2 Å². The number of halogens is 3. The van der Waals surface area contributed by atoms with Gasteiger partial charge in [-0.05, 0) is 55.3 Å². The molecule has 0 saturated heterocycles. The number of aryl methyl sites for hydroxylation is 2. The Bertz CT molecular complexity index is 632. The van der Waals surface area contributed by atoms with Crippen LogP contribution in [0.25, 0.3) is 0 Å². The van der Waals surface area contributed by atoms with E-state index in [1.807, 2.05) is 45.0 Å². The van der Waals surface area contributed by atoms with Gasteiger partial charge in [0, 0.05) is 14.5 Å². The summed E-state index contributed by atoms with van der Waals surface area (Å²) in [5.74, 6) is -0.159. The summed E-state index contributed by atoms with van der Waals surface area (Å²) in [5, 5.41) is 3.39. The quantitative estimate of drug-likeness (QED) is 0.679. The van der Waals surface area contributed by atoms with Crippen LogP contribution in [0.3, 0.4) is 0 Å². The molecule has 2 rings (SSSR count). The van der Waals surface area contributed by atoms with Crippen molar-refractivity contribution in [1.29, 1.82) is 0 Å². The summed E-state index contributed by atoms with van der Waals surface area (Å²) in [6, 6.07) is 9.43. The number of hydrogen-bond acceptors (Lipinski definition) is 1. The summed E-state index contributed by atoms with van der Waals surface area (Å²) < 4.78 is 16.5. The smallest absolute Gasteiger partial charge is 0.128 e. The van der Waals surface area contributed by atoms with Crippen LogP contribution in [-0.2, 0) is 0 Å². The summed E-state index contributed by atoms with van der Waals surface area (Å²) in [4.78, 5) is 0. The van der Waals surface area contributed by atoms with Gasteiger partial charge in [0.15, 0.2) is 0 Å². The van der Waals surface area contributed by atoms with Crippen LogP contribution in [0.4, 0.5) is 4.39 Å². The van der Waals surface area contributed by atoms with Gasteiger partial charge in [-0.25, -0.2) is 4.39 Å². The molecule has 0 amide bonds. The molecule has 1 nitrogen and oxygen atoms in total. The third-order valence-electron chi connectivity index (χ3n) is 3.45. The zero-order valence-electron chi connectivity index (χ0n) is 12.3. The summed E-state index contributed by atoms with van der Waals surface area (Å²) >= 11 is 7.04. The topological polar surface area (TPSA) is 12.0 Å². The Balaban J connectivity index is 2.59. The van der Waals surface area contributed by atoms with E-state index < -0.39 is 0 Å².